The molecular formula is C25H42O4. The van der Waals surface area contributed by atoms with Crippen LogP contribution in [-0.2, 0) is 4.79 Å². The van der Waals surface area contributed by atoms with E-state index in [1.165, 1.54) is 6.08 Å². The van der Waals surface area contributed by atoms with Crippen molar-refractivity contribution in [1.29, 1.82) is 0 Å². The van der Waals surface area contributed by atoms with Crippen LogP contribution in [0.15, 0.2) is 11.6 Å². The maximum atomic E-state index is 11.4. The van der Waals surface area contributed by atoms with Crippen molar-refractivity contribution < 1.29 is 20.1 Å². The molecule has 3 N–H and O–H groups in total. The highest BCUT2D eigenvalue weighted by Crippen LogP contribution is 2.70. The van der Waals surface area contributed by atoms with Gasteiger partial charge in [-0.2, -0.15) is 0 Å². The molecule has 4 nitrogen and oxygen atoms in total. The van der Waals surface area contributed by atoms with E-state index in [-0.39, 0.29) is 28.3 Å². The van der Waals surface area contributed by atoms with E-state index < -0.39 is 11.6 Å². The van der Waals surface area contributed by atoms with Crippen LogP contribution >= 0.6 is 0 Å². The number of allylic oxidation sites excluding steroid dienone is 1. The number of carboxylic acid groups (broad SMARTS) is 1. The minimum absolute atomic E-state index is 0.0505. The van der Waals surface area contributed by atoms with Crippen molar-refractivity contribution >= 4 is 5.97 Å². The summed E-state index contributed by atoms with van der Waals surface area (Å²) in [5.41, 5.74) is 0.346. The second kappa shape index (κ2) is 7.37. The number of aliphatic hydroxyl groups excluding tert-OH is 1. The summed E-state index contributed by atoms with van der Waals surface area (Å²) >= 11 is 0. The van der Waals surface area contributed by atoms with Gasteiger partial charge >= 0.3 is 5.97 Å². The zero-order valence-electron chi connectivity index (χ0n) is 19.3. The van der Waals surface area contributed by atoms with E-state index in [0.717, 1.165) is 56.9 Å². The van der Waals surface area contributed by atoms with Crippen molar-refractivity contribution in [3.63, 3.8) is 0 Å². The fourth-order valence-corrected chi connectivity index (χ4v) is 8.27. The van der Waals surface area contributed by atoms with Gasteiger partial charge in [-0.05, 0) is 99.2 Å². The minimum Gasteiger partial charge on any atom is -0.478 e. The molecule has 3 rings (SSSR count). The number of hydrogen-bond donors (Lipinski definition) is 3. The Morgan fingerprint density at radius 3 is 2.17 bits per heavy atom. The van der Waals surface area contributed by atoms with Crippen molar-refractivity contribution in [3.05, 3.63) is 11.6 Å². The van der Waals surface area contributed by atoms with Crippen molar-refractivity contribution in [1.82, 2.24) is 0 Å². The standard InChI is InChI=1S/C25H42O4/c1-16(15-21(27)28)7-8-19-24(5)12-9-17-22(2,3)20(26)11-13-23(17,4)18(24)10-14-25(19,6)29/h15,17-20,26,29H,7-14H2,1-6H3,(H,27,28)/b16-15+. The smallest absolute Gasteiger partial charge is 0.328 e. The molecule has 0 spiro atoms. The molecule has 0 saturated heterocycles. The van der Waals surface area contributed by atoms with Crippen LogP contribution in [0.1, 0.15) is 92.9 Å². The first-order chi connectivity index (χ1) is 13.2. The Balaban J connectivity index is 1.92. The summed E-state index contributed by atoms with van der Waals surface area (Å²) in [6, 6.07) is 0. The summed E-state index contributed by atoms with van der Waals surface area (Å²) < 4.78 is 0. The molecule has 0 aromatic carbocycles. The molecule has 0 radical (unpaired) electrons. The van der Waals surface area contributed by atoms with E-state index in [2.05, 4.69) is 27.7 Å². The topological polar surface area (TPSA) is 77.8 Å². The van der Waals surface area contributed by atoms with Gasteiger partial charge in [0, 0.05) is 6.08 Å². The maximum absolute atomic E-state index is 11.4. The molecule has 7 unspecified atom stereocenters. The van der Waals surface area contributed by atoms with E-state index in [0.29, 0.717) is 11.8 Å². The second-order valence-corrected chi connectivity index (χ2v) is 11.8. The Bertz CT molecular complexity index is 678. The first-order valence-electron chi connectivity index (χ1n) is 11.6. The summed E-state index contributed by atoms with van der Waals surface area (Å²) in [5, 5.41) is 31.1. The van der Waals surface area contributed by atoms with E-state index in [1.807, 2.05) is 13.8 Å². The molecule has 7 atom stereocenters. The van der Waals surface area contributed by atoms with Crippen molar-refractivity contribution in [2.75, 3.05) is 0 Å². The van der Waals surface area contributed by atoms with Crippen LogP contribution in [0.5, 0.6) is 0 Å². The van der Waals surface area contributed by atoms with E-state index in [4.69, 9.17) is 5.11 Å². The highest BCUT2D eigenvalue weighted by atomic mass is 16.4. The Morgan fingerprint density at radius 2 is 1.55 bits per heavy atom. The predicted octanol–water partition coefficient (Wildman–Crippen LogP) is 5.18. The average Bonchev–Trinajstić information content (AvgIpc) is 2.56. The Morgan fingerprint density at radius 1 is 0.966 bits per heavy atom. The van der Waals surface area contributed by atoms with Crippen LogP contribution < -0.4 is 0 Å². The summed E-state index contributed by atoms with van der Waals surface area (Å²) in [7, 11) is 0. The number of fused-ring (bicyclic) bond motifs is 3. The molecule has 166 valence electrons. The van der Waals surface area contributed by atoms with Gasteiger partial charge in [0.15, 0.2) is 0 Å². The quantitative estimate of drug-likeness (QED) is 0.562. The maximum Gasteiger partial charge on any atom is 0.328 e. The van der Waals surface area contributed by atoms with E-state index >= 15 is 0 Å². The van der Waals surface area contributed by atoms with Gasteiger partial charge in [0.2, 0.25) is 0 Å². The molecule has 0 aromatic rings. The molecular weight excluding hydrogens is 364 g/mol. The molecule has 3 fully saturated rings. The van der Waals surface area contributed by atoms with Gasteiger partial charge in [0.05, 0.1) is 11.7 Å². The number of carbonyl (C=O) groups is 1. The third-order valence-corrected chi connectivity index (χ3v) is 9.76. The number of aliphatic hydroxyl groups is 2. The highest BCUT2D eigenvalue weighted by Gasteiger charge is 2.64. The third-order valence-electron chi connectivity index (χ3n) is 9.76. The zero-order chi connectivity index (χ0) is 21.8. The Kier molecular flexibility index (Phi) is 5.80. The molecule has 3 aliphatic rings. The number of rotatable bonds is 4. The number of hydrogen-bond acceptors (Lipinski definition) is 3. The molecule has 3 aliphatic carbocycles. The third kappa shape index (κ3) is 3.69. The molecule has 0 bridgehead atoms. The van der Waals surface area contributed by atoms with Crippen molar-refractivity contribution in [2.45, 2.75) is 105 Å². The number of aliphatic carboxylic acids is 1. The van der Waals surface area contributed by atoms with Crippen molar-refractivity contribution in [3.8, 4) is 0 Å². The van der Waals surface area contributed by atoms with Gasteiger partial charge in [0.1, 0.15) is 0 Å². The van der Waals surface area contributed by atoms with E-state index in [9.17, 15) is 15.0 Å². The number of carboxylic acids is 1. The molecule has 4 heteroatoms. The summed E-state index contributed by atoms with van der Waals surface area (Å²) in [4.78, 5) is 11.0. The van der Waals surface area contributed by atoms with Crippen LogP contribution in [0.4, 0.5) is 0 Å². The molecule has 0 amide bonds. The summed E-state index contributed by atoms with van der Waals surface area (Å²) in [6.07, 6.45) is 8.61. The Hall–Kier alpha value is -0.870. The first-order valence-corrected chi connectivity index (χ1v) is 11.6. The van der Waals surface area contributed by atoms with Gasteiger partial charge in [-0.1, -0.05) is 33.3 Å². The average molecular weight is 407 g/mol. The van der Waals surface area contributed by atoms with Crippen LogP contribution in [0.3, 0.4) is 0 Å². The highest BCUT2D eigenvalue weighted by molar-refractivity contribution is 5.80. The summed E-state index contributed by atoms with van der Waals surface area (Å²) in [5.74, 6) is 0.320. The van der Waals surface area contributed by atoms with Crippen LogP contribution in [-0.4, -0.2) is 33.0 Å². The van der Waals surface area contributed by atoms with Gasteiger partial charge in [-0.3, -0.25) is 0 Å². The second-order valence-electron chi connectivity index (χ2n) is 11.8. The lowest BCUT2D eigenvalue weighted by atomic mass is 9.37. The fraction of sp³-hybridized carbons (Fsp3) is 0.880. The van der Waals surface area contributed by atoms with Gasteiger partial charge in [-0.15, -0.1) is 0 Å². The predicted molar refractivity (Wildman–Crippen MR) is 115 cm³/mol. The minimum atomic E-state index is -0.891. The van der Waals surface area contributed by atoms with Crippen molar-refractivity contribution in [2.24, 2.45) is 34.0 Å². The van der Waals surface area contributed by atoms with Gasteiger partial charge in [0.25, 0.3) is 0 Å². The Labute approximate surface area is 176 Å². The SMILES string of the molecule is C/C(=C\C(=O)O)CCC1C(C)(O)CCC2C1(C)CCC1C(C)(C)C(O)CCC12C. The molecule has 0 heterocycles. The molecule has 0 aliphatic heterocycles. The van der Waals surface area contributed by atoms with Gasteiger partial charge in [-0.25, -0.2) is 4.79 Å². The molecule has 3 saturated carbocycles. The lowest BCUT2D eigenvalue weighted by Gasteiger charge is -2.68. The van der Waals surface area contributed by atoms with Crippen LogP contribution in [0.25, 0.3) is 0 Å². The first kappa shape index (κ1) is 22.8. The zero-order valence-corrected chi connectivity index (χ0v) is 19.3. The fourth-order valence-electron chi connectivity index (χ4n) is 8.27. The lowest BCUT2D eigenvalue weighted by Crippen LogP contribution is -2.64. The monoisotopic (exact) mass is 406 g/mol. The summed E-state index contributed by atoms with van der Waals surface area (Å²) in [6.45, 7) is 13.2. The largest absolute Gasteiger partial charge is 0.478 e. The van der Waals surface area contributed by atoms with Crippen LogP contribution in [0, 0.1) is 34.0 Å². The molecule has 29 heavy (non-hydrogen) atoms. The lowest BCUT2D eigenvalue weighted by molar-refractivity contribution is -0.226. The molecule has 0 aromatic heterocycles. The van der Waals surface area contributed by atoms with E-state index in [1.54, 1.807) is 0 Å². The van der Waals surface area contributed by atoms with Crippen LogP contribution in [0.2, 0.25) is 0 Å². The van der Waals surface area contributed by atoms with Gasteiger partial charge < -0.3 is 15.3 Å². The normalized spacial score (nSPS) is 47.2.